The number of benzene rings is 1. The van der Waals surface area contributed by atoms with Crippen LogP contribution in [-0.4, -0.2) is 40.6 Å². The highest BCUT2D eigenvalue weighted by molar-refractivity contribution is 6.32. The molecule has 0 aliphatic carbocycles. The van der Waals surface area contributed by atoms with Gasteiger partial charge in [0.2, 0.25) is 0 Å². The van der Waals surface area contributed by atoms with Crippen molar-refractivity contribution < 1.29 is 14.5 Å². The average Bonchev–Trinajstić information content (AvgIpc) is 2.67. The van der Waals surface area contributed by atoms with Gasteiger partial charge in [-0.1, -0.05) is 25.4 Å². The summed E-state index contributed by atoms with van der Waals surface area (Å²) >= 11 is 5.81. The van der Waals surface area contributed by atoms with E-state index in [2.05, 4.69) is 4.98 Å². The number of nitro benzene ring substituents is 1. The summed E-state index contributed by atoms with van der Waals surface area (Å²) in [6.45, 7) is 3.89. The van der Waals surface area contributed by atoms with Crippen molar-refractivity contribution in [1.29, 1.82) is 0 Å². The molecular formula is C18H22ClN5O6. The zero-order chi connectivity index (χ0) is 22.6. The molecule has 0 bridgehead atoms. The molecular weight excluding hydrogens is 418 g/mol. The summed E-state index contributed by atoms with van der Waals surface area (Å²) in [6.07, 6.45) is 0. The van der Waals surface area contributed by atoms with Crippen LogP contribution in [0.15, 0.2) is 27.8 Å². The summed E-state index contributed by atoms with van der Waals surface area (Å²) in [7, 11) is 1.41. The van der Waals surface area contributed by atoms with Gasteiger partial charge >= 0.3 is 5.69 Å². The summed E-state index contributed by atoms with van der Waals surface area (Å²) < 4.78 is 6.18. The molecule has 0 aliphatic heterocycles. The fourth-order valence-corrected chi connectivity index (χ4v) is 3.01. The first-order chi connectivity index (χ1) is 14.1. The molecule has 0 fully saturated rings. The van der Waals surface area contributed by atoms with Crippen molar-refractivity contribution in [3.05, 3.63) is 59.7 Å². The van der Waals surface area contributed by atoms with Gasteiger partial charge in [-0.3, -0.25) is 34.2 Å². The molecule has 0 saturated heterocycles. The van der Waals surface area contributed by atoms with E-state index in [1.807, 2.05) is 13.8 Å². The molecule has 1 heterocycles. The topological polar surface area (TPSA) is 154 Å². The number of nitro groups is 1. The van der Waals surface area contributed by atoms with E-state index in [1.165, 1.54) is 23.8 Å². The minimum absolute atomic E-state index is 0.0331. The molecule has 12 heteroatoms. The number of nitrogens with two attached hydrogens (primary N) is 1. The first-order valence-electron chi connectivity index (χ1n) is 8.95. The molecule has 0 radical (unpaired) electrons. The van der Waals surface area contributed by atoms with E-state index in [9.17, 15) is 24.5 Å². The Morgan fingerprint density at radius 3 is 2.63 bits per heavy atom. The van der Waals surface area contributed by atoms with Gasteiger partial charge in [0.25, 0.3) is 17.2 Å². The van der Waals surface area contributed by atoms with Crippen LogP contribution in [0.3, 0.4) is 0 Å². The Morgan fingerprint density at radius 1 is 1.40 bits per heavy atom. The quantitative estimate of drug-likeness (QED) is 0.468. The van der Waals surface area contributed by atoms with Gasteiger partial charge in [0, 0.05) is 31.8 Å². The Balaban J connectivity index is 2.65. The summed E-state index contributed by atoms with van der Waals surface area (Å²) in [5.74, 6) is -0.894. The first kappa shape index (κ1) is 23.1. The Hall–Kier alpha value is -3.18. The minimum Gasteiger partial charge on any atom is -0.383 e. The molecule has 162 valence electrons. The third-order valence-electron chi connectivity index (χ3n) is 4.19. The van der Waals surface area contributed by atoms with Crippen LogP contribution in [0, 0.1) is 16.0 Å². The fraction of sp³-hybridized carbons (Fsp3) is 0.389. The molecule has 2 aromatic rings. The van der Waals surface area contributed by atoms with Gasteiger partial charge < -0.3 is 10.5 Å². The molecule has 1 aromatic heterocycles. The number of nitrogen functional groups attached to an aromatic ring is 1. The molecule has 30 heavy (non-hydrogen) atoms. The highest BCUT2D eigenvalue weighted by Crippen LogP contribution is 2.27. The number of halogens is 1. The molecule has 11 nitrogen and oxygen atoms in total. The van der Waals surface area contributed by atoms with Crippen LogP contribution >= 0.6 is 11.6 Å². The SMILES string of the molecule is COCCN(C(=O)c1ccc(Cl)c([N+](=O)[O-])c1)c1c(N)n(CC(C)C)c(=O)[nH]c1=O. The number of methoxy groups -OCH3 is 1. The van der Waals surface area contributed by atoms with Crippen molar-refractivity contribution in [2.45, 2.75) is 20.4 Å². The number of aromatic nitrogens is 2. The average molecular weight is 440 g/mol. The Bertz CT molecular complexity index is 1080. The maximum absolute atomic E-state index is 13.2. The number of hydrogen-bond donors (Lipinski definition) is 2. The highest BCUT2D eigenvalue weighted by atomic mass is 35.5. The third kappa shape index (κ3) is 4.86. The number of carbonyl (C=O) groups excluding carboxylic acids is 1. The molecule has 1 aromatic carbocycles. The largest absolute Gasteiger partial charge is 0.383 e. The second-order valence-corrected chi connectivity index (χ2v) is 7.28. The van der Waals surface area contributed by atoms with Gasteiger partial charge in [-0.2, -0.15) is 0 Å². The number of carbonyl (C=O) groups is 1. The van der Waals surface area contributed by atoms with E-state index >= 15 is 0 Å². The van der Waals surface area contributed by atoms with Gasteiger partial charge in [0.05, 0.1) is 11.5 Å². The Morgan fingerprint density at radius 2 is 2.07 bits per heavy atom. The van der Waals surface area contributed by atoms with Gasteiger partial charge in [-0.25, -0.2) is 4.79 Å². The van der Waals surface area contributed by atoms with E-state index in [-0.39, 0.29) is 47.7 Å². The summed E-state index contributed by atoms with van der Waals surface area (Å²) in [6, 6.07) is 3.53. The monoisotopic (exact) mass is 439 g/mol. The highest BCUT2D eigenvalue weighted by Gasteiger charge is 2.27. The van der Waals surface area contributed by atoms with Crippen LogP contribution in [0.4, 0.5) is 17.2 Å². The van der Waals surface area contributed by atoms with Crippen molar-refractivity contribution in [2.75, 3.05) is 30.9 Å². The lowest BCUT2D eigenvalue weighted by atomic mass is 10.1. The van der Waals surface area contributed by atoms with Crippen LogP contribution < -0.4 is 21.9 Å². The number of nitrogens with zero attached hydrogens (tertiary/aromatic N) is 3. The number of rotatable bonds is 8. The molecule has 0 atom stereocenters. The zero-order valence-electron chi connectivity index (χ0n) is 16.7. The number of nitrogens with one attached hydrogen (secondary N) is 1. The van der Waals surface area contributed by atoms with E-state index in [4.69, 9.17) is 22.1 Å². The summed E-state index contributed by atoms with van der Waals surface area (Å²) in [4.78, 5) is 51.6. The zero-order valence-corrected chi connectivity index (χ0v) is 17.4. The second-order valence-electron chi connectivity index (χ2n) is 6.87. The summed E-state index contributed by atoms with van der Waals surface area (Å²) in [5, 5.41) is 11.0. The van der Waals surface area contributed by atoms with Crippen LogP contribution in [0.5, 0.6) is 0 Å². The normalized spacial score (nSPS) is 11.0. The first-order valence-corrected chi connectivity index (χ1v) is 9.33. The summed E-state index contributed by atoms with van der Waals surface area (Å²) in [5.41, 5.74) is 3.77. The van der Waals surface area contributed by atoms with Gasteiger partial charge in [-0.15, -0.1) is 0 Å². The van der Waals surface area contributed by atoms with Crippen molar-refractivity contribution in [2.24, 2.45) is 5.92 Å². The molecule has 0 unspecified atom stereocenters. The van der Waals surface area contributed by atoms with Crippen LogP contribution in [0.25, 0.3) is 0 Å². The van der Waals surface area contributed by atoms with Crippen LogP contribution in [-0.2, 0) is 11.3 Å². The van der Waals surface area contributed by atoms with Crippen molar-refractivity contribution in [3.8, 4) is 0 Å². The van der Waals surface area contributed by atoms with Crippen LogP contribution in [0.1, 0.15) is 24.2 Å². The van der Waals surface area contributed by atoms with Crippen molar-refractivity contribution in [1.82, 2.24) is 9.55 Å². The van der Waals surface area contributed by atoms with Gasteiger partial charge in [0.1, 0.15) is 10.8 Å². The Kier molecular flexibility index (Phi) is 7.35. The molecule has 1 amide bonds. The number of aromatic amines is 1. The number of H-pyrrole nitrogens is 1. The second kappa shape index (κ2) is 9.55. The number of anilines is 2. The molecule has 2 rings (SSSR count). The van der Waals surface area contributed by atoms with Gasteiger partial charge in [0.15, 0.2) is 5.69 Å². The van der Waals surface area contributed by atoms with E-state index in [1.54, 1.807) is 0 Å². The maximum atomic E-state index is 13.2. The van der Waals surface area contributed by atoms with Crippen molar-refractivity contribution >= 4 is 34.7 Å². The Labute approximate surface area is 176 Å². The van der Waals surface area contributed by atoms with E-state index in [0.29, 0.717) is 0 Å². The number of hydrogen-bond acceptors (Lipinski definition) is 7. The minimum atomic E-state index is -0.856. The molecule has 0 aliphatic rings. The van der Waals surface area contributed by atoms with E-state index < -0.39 is 27.8 Å². The number of ether oxygens (including phenoxy) is 1. The fourth-order valence-electron chi connectivity index (χ4n) is 2.82. The van der Waals surface area contributed by atoms with Crippen LogP contribution in [0.2, 0.25) is 5.02 Å². The number of amides is 1. The van der Waals surface area contributed by atoms with Gasteiger partial charge in [-0.05, 0) is 18.1 Å². The standard InChI is InChI=1S/C18H22ClN5O6/c1-10(2)9-23-15(20)14(16(25)21-18(23)27)22(6-7-30-3)17(26)11-4-5-12(19)13(8-11)24(28)29/h4-5,8,10H,6-7,9,20H2,1-3H3,(H,21,25,27). The molecule has 0 saturated carbocycles. The molecule has 0 spiro atoms. The predicted octanol–water partition coefficient (Wildman–Crippen LogP) is 1.63. The maximum Gasteiger partial charge on any atom is 0.330 e. The smallest absolute Gasteiger partial charge is 0.330 e. The van der Waals surface area contributed by atoms with Crippen molar-refractivity contribution in [3.63, 3.8) is 0 Å². The lowest BCUT2D eigenvalue weighted by molar-refractivity contribution is -0.384. The lowest BCUT2D eigenvalue weighted by Gasteiger charge is -2.24. The molecule has 3 N–H and O–H groups in total. The lowest BCUT2D eigenvalue weighted by Crippen LogP contribution is -2.42. The predicted molar refractivity (Wildman–Crippen MR) is 112 cm³/mol. The third-order valence-corrected chi connectivity index (χ3v) is 4.51. The van der Waals surface area contributed by atoms with E-state index in [0.717, 1.165) is 11.0 Å².